The Hall–Kier alpha value is -2.50. The molecule has 1 saturated heterocycles. The SMILES string of the molecule is CCC(=O)N1CCN(c2nc(-c3cccc(F)c3)nc(C)c2C)CC1. The van der Waals surface area contributed by atoms with Gasteiger partial charge in [0.15, 0.2) is 5.82 Å². The van der Waals surface area contributed by atoms with E-state index in [2.05, 4.69) is 9.88 Å². The Morgan fingerprint density at radius 1 is 1.16 bits per heavy atom. The van der Waals surface area contributed by atoms with Crippen LogP contribution in [-0.2, 0) is 4.79 Å². The van der Waals surface area contributed by atoms with Crippen molar-refractivity contribution in [3.63, 3.8) is 0 Å². The average Bonchev–Trinajstić information content (AvgIpc) is 2.63. The van der Waals surface area contributed by atoms with Crippen LogP contribution >= 0.6 is 0 Å². The minimum absolute atomic E-state index is 0.190. The van der Waals surface area contributed by atoms with Crippen LogP contribution in [0.25, 0.3) is 11.4 Å². The first-order valence-corrected chi connectivity index (χ1v) is 8.63. The maximum Gasteiger partial charge on any atom is 0.222 e. The number of anilines is 1. The average molecular weight is 342 g/mol. The maximum atomic E-state index is 13.5. The highest BCUT2D eigenvalue weighted by Gasteiger charge is 2.23. The third kappa shape index (κ3) is 3.62. The van der Waals surface area contributed by atoms with E-state index < -0.39 is 0 Å². The number of carbonyl (C=O) groups excluding carboxylic acids is 1. The molecule has 0 bridgehead atoms. The Kier molecular flexibility index (Phi) is 4.97. The summed E-state index contributed by atoms with van der Waals surface area (Å²) in [6.45, 7) is 8.72. The lowest BCUT2D eigenvalue weighted by Gasteiger charge is -2.36. The number of piperazine rings is 1. The molecular formula is C19H23FN4O. The molecule has 0 unspecified atom stereocenters. The van der Waals surface area contributed by atoms with Crippen molar-refractivity contribution in [2.75, 3.05) is 31.1 Å². The second-order valence-electron chi connectivity index (χ2n) is 6.31. The van der Waals surface area contributed by atoms with Crippen LogP contribution < -0.4 is 4.90 Å². The van der Waals surface area contributed by atoms with E-state index in [-0.39, 0.29) is 11.7 Å². The topological polar surface area (TPSA) is 49.3 Å². The second-order valence-corrected chi connectivity index (χ2v) is 6.31. The number of aryl methyl sites for hydroxylation is 1. The third-order valence-corrected chi connectivity index (χ3v) is 4.68. The number of carbonyl (C=O) groups is 1. The number of hydrogen-bond donors (Lipinski definition) is 0. The van der Waals surface area contributed by atoms with E-state index in [9.17, 15) is 9.18 Å². The first-order chi connectivity index (χ1) is 12.0. The van der Waals surface area contributed by atoms with Gasteiger partial charge in [0.2, 0.25) is 5.91 Å². The molecule has 0 spiro atoms. The van der Waals surface area contributed by atoms with Gasteiger partial charge < -0.3 is 9.80 Å². The van der Waals surface area contributed by atoms with Gasteiger partial charge in [0.1, 0.15) is 11.6 Å². The molecule has 1 aromatic heterocycles. The predicted molar refractivity (Wildman–Crippen MR) is 96.0 cm³/mol. The van der Waals surface area contributed by atoms with E-state index >= 15 is 0 Å². The maximum absolute atomic E-state index is 13.5. The summed E-state index contributed by atoms with van der Waals surface area (Å²) < 4.78 is 13.5. The molecule has 0 N–H and O–H groups in total. The first-order valence-electron chi connectivity index (χ1n) is 8.63. The van der Waals surface area contributed by atoms with Gasteiger partial charge in [-0.15, -0.1) is 0 Å². The highest BCUT2D eigenvalue weighted by molar-refractivity contribution is 5.76. The number of rotatable bonds is 3. The molecule has 0 radical (unpaired) electrons. The summed E-state index contributed by atoms with van der Waals surface area (Å²) in [5, 5.41) is 0. The molecule has 0 atom stereocenters. The van der Waals surface area contributed by atoms with E-state index in [1.54, 1.807) is 6.07 Å². The molecule has 1 aliphatic heterocycles. The summed E-state index contributed by atoms with van der Waals surface area (Å²) in [5.74, 6) is 1.29. The third-order valence-electron chi connectivity index (χ3n) is 4.68. The molecule has 25 heavy (non-hydrogen) atoms. The van der Waals surface area contributed by atoms with Crippen LogP contribution in [0.3, 0.4) is 0 Å². The van der Waals surface area contributed by atoms with Crippen molar-refractivity contribution in [2.45, 2.75) is 27.2 Å². The van der Waals surface area contributed by atoms with Crippen molar-refractivity contribution in [1.29, 1.82) is 0 Å². The lowest BCUT2D eigenvalue weighted by Crippen LogP contribution is -2.49. The fourth-order valence-electron chi connectivity index (χ4n) is 3.07. The summed E-state index contributed by atoms with van der Waals surface area (Å²) in [6, 6.07) is 6.34. The van der Waals surface area contributed by atoms with Crippen LogP contribution in [0.1, 0.15) is 24.6 Å². The Morgan fingerprint density at radius 3 is 2.52 bits per heavy atom. The number of aromatic nitrogens is 2. The summed E-state index contributed by atoms with van der Waals surface area (Å²) in [6.07, 6.45) is 0.537. The first kappa shape index (κ1) is 17.3. The van der Waals surface area contributed by atoms with Crippen LogP contribution in [0.2, 0.25) is 0 Å². The van der Waals surface area contributed by atoms with Gasteiger partial charge in [-0.25, -0.2) is 14.4 Å². The zero-order chi connectivity index (χ0) is 18.0. The highest BCUT2D eigenvalue weighted by atomic mass is 19.1. The number of benzene rings is 1. The quantitative estimate of drug-likeness (QED) is 0.860. The van der Waals surface area contributed by atoms with Gasteiger partial charge in [-0.2, -0.15) is 0 Å². The molecule has 2 heterocycles. The van der Waals surface area contributed by atoms with E-state index in [1.165, 1.54) is 12.1 Å². The zero-order valence-electron chi connectivity index (χ0n) is 14.9. The van der Waals surface area contributed by atoms with Gasteiger partial charge in [-0.3, -0.25) is 4.79 Å². The number of halogens is 1. The molecule has 6 heteroatoms. The van der Waals surface area contributed by atoms with Crippen LogP contribution in [0, 0.1) is 19.7 Å². The van der Waals surface area contributed by atoms with Crippen LogP contribution in [0.4, 0.5) is 10.2 Å². The standard InChI is InChI=1S/C19H23FN4O/c1-4-17(25)23-8-10-24(11-9-23)19-13(2)14(3)21-18(22-19)15-6-5-7-16(20)12-15/h5-7,12H,4,8-11H2,1-3H3. The lowest BCUT2D eigenvalue weighted by molar-refractivity contribution is -0.131. The number of nitrogens with zero attached hydrogens (tertiary/aromatic N) is 4. The molecule has 132 valence electrons. The van der Waals surface area contributed by atoms with Gasteiger partial charge in [0.05, 0.1) is 0 Å². The van der Waals surface area contributed by atoms with Crippen molar-refractivity contribution in [3.05, 3.63) is 41.3 Å². The molecule has 2 aromatic rings. The monoisotopic (exact) mass is 342 g/mol. The Labute approximate surface area is 147 Å². The van der Waals surface area contributed by atoms with E-state index in [0.717, 1.165) is 30.2 Å². The van der Waals surface area contributed by atoms with Crippen molar-refractivity contribution in [1.82, 2.24) is 14.9 Å². The minimum Gasteiger partial charge on any atom is -0.353 e. The van der Waals surface area contributed by atoms with Gasteiger partial charge >= 0.3 is 0 Å². The van der Waals surface area contributed by atoms with Crippen molar-refractivity contribution >= 4 is 11.7 Å². The Morgan fingerprint density at radius 2 is 1.88 bits per heavy atom. The normalized spacial score (nSPS) is 14.7. The van der Waals surface area contributed by atoms with Crippen LogP contribution in [0.15, 0.2) is 24.3 Å². The van der Waals surface area contributed by atoms with E-state index in [4.69, 9.17) is 4.98 Å². The summed E-state index contributed by atoms with van der Waals surface area (Å²) >= 11 is 0. The summed E-state index contributed by atoms with van der Waals surface area (Å²) in [7, 11) is 0. The zero-order valence-corrected chi connectivity index (χ0v) is 14.9. The number of hydrogen-bond acceptors (Lipinski definition) is 4. The van der Waals surface area contributed by atoms with Gasteiger partial charge in [0.25, 0.3) is 0 Å². The molecular weight excluding hydrogens is 319 g/mol. The fourth-order valence-corrected chi connectivity index (χ4v) is 3.07. The minimum atomic E-state index is -0.299. The molecule has 0 saturated carbocycles. The predicted octanol–water partition coefficient (Wildman–Crippen LogP) is 2.96. The van der Waals surface area contributed by atoms with Crippen molar-refractivity contribution in [3.8, 4) is 11.4 Å². The summed E-state index contributed by atoms with van der Waals surface area (Å²) in [4.78, 5) is 25.2. The second kappa shape index (κ2) is 7.17. The van der Waals surface area contributed by atoms with Gasteiger partial charge in [-0.1, -0.05) is 19.1 Å². The lowest BCUT2D eigenvalue weighted by atomic mass is 10.1. The highest BCUT2D eigenvalue weighted by Crippen LogP contribution is 2.25. The molecule has 3 rings (SSSR count). The van der Waals surface area contributed by atoms with Crippen molar-refractivity contribution < 1.29 is 9.18 Å². The summed E-state index contributed by atoms with van der Waals surface area (Å²) in [5.41, 5.74) is 2.58. The Bertz CT molecular complexity index is 785. The molecule has 0 aliphatic carbocycles. The van der Waals surface area contributed by atoms with Crippen LogP contribution in [-0.4, -0.2) is 47.0 Å². The molecule has 1 aromatic carbocycles. The fraction of sp³-hybridized carbons (Fsp3) is 0.421. The van der Waals surface area contributed by atoms with E-state index in [0.29, 0.717) is 30.9 Å². The largest absolute Gasteiger partial charge is 0.353 e. The van der Waals surface area contributed by atoms with Crippen LogP contribution in [0.5, 0.6) is 0 Å². The smallest absolute Gasteiger partial charge is 0.222 e. The Balaban J connectivity index is 1.88. The van der Waals surface area contributed by atoms with Crippen molar-refractivity contribution in [2.24, 2.45) is 0 Å². The number of amides is 1. The van der Waals surface area contributed by atoms with Gasteiger partial charge in [0, 0.05) is 49.4 Å². The molecule has 1 fully saturated rings. The van der Waals surface area contributed by atoms with Gasteiger partial charge in [-0.05, 0) is 26.0 Å². The molecule has 1 amide bonds. The molecule has 5 nitrogen and oxygen atoms in total. The molecule has 1 aliphatic rings. The van der Waals surface area contributed by atoms with E-state index in [1.807, 2.05) is 31.7 Å².